The maximum atomic E-state index is 13.4. The van der Waals surface area contributed by atoms with E-state index in [1.165, 1.54) is 0 Å². The van der Waals surface area contributed by atoms with Gasteiger partial charge in [-0.25, -0.2) is 5.43 Å². The van der Waals surface area contributed by atoms with Crippen LogP contribution >= 0.6 is 11.8 Å². The molecule has 11 heteroatoms. The molecule has 7 N–H and O–H groups in total. The Hall–Kier alpha value is -1.65. The summed E-state index contributed by atoms with van der Waals surface area (Å²) in [6, 6.07) is 0.384. The Morgan fingerprint density at radius 2 is 1.90 bits per heavy atom. The van der Waals surface area contributed by atoms with Crippen LogP contribution in [0.2, 0.25) is 0 Å². The van der Waals surface area contributed by atoms with Gasteiger partial charge in [-0.3, -0.25) is 19.9 Å². The molecule has 0 aromatic rings. The standard InChI is InChI=1S/C29H47N7O3S/c1-2-19(15-26-31-11-14-40-26)29(39)36-13-5-7-20(17-36)28(38)32-21-8-6-12-35(18-21)24-16-23(33-34-27(24)30)22-9-3-4-10-25(22)37/h1,15,20-27,31,33-34,37H,3-14,16-18,30H2,(H,32,38)/b19-15+/t20?,21-,22?,23?,24?,25?,26?,27?/m1/s1. The van der Waals surface area contributed by atoms with Crippen LogP contribution in [0.5, 0.6) is 0 Å². The van der Waals surface area contributed by atoms with E-state index in [9.17, 15) is 14.7 Å². The van der Waals surface area contributed by atoms with E-state index in [2.05, 4.69) is 32.3 Å². The molecular weight excluding hydrogens is 526 g/mol. The molecule has 8 atom stereocenters. The summed E-state index contributed by atoms with van der Waals surface area (Å²) >= 11 is 1.74. The van der Waals surface area contributed by atoms with E-state index in [0.717, 1.165) is 83.2 Å². The van der Waals surface area contributed by atoms with Crippen LogP contribution in [0.25, 0.3) is 0 Å². The number of terminal acetylenes is 1. The highest BCUT2D eigenvalue weighted by Gasteiger charge is 2.40. The smallest absolute Gasteiger partial charge is 0.262 e. The van der Waals surface area contributed by atoms with Gasteiger partial charge in [-0.05, 0) is 57.6 Å². The molecule has 4 aliphatic heterocycles. The van der Waals surface area contributed by atoms with Crippen molar-refractivity contribution < 1.29 is 14.7 Å². The number of nitrogens with two attached hydrogens (primary N) is 1. The Labute approximate surface area is 243 Å². The lowest BCUT2D eigenvalue weighted by Crippen LogP contribution is -2.69. The van der Waals surface area contributed by atoms with Gasteiger partial charge in [0.2, 0.25) is 5.91 Å². The van der Waals surface area contributed by atoms with E-state index in [1.807, 2.05) is 6.08 Å². The van der Waals surface area contributed by atoms with Gasteiger partial charge in [0.15, 0.2) is 0 Å². The molecule has 0 aromatic heterocycles. The van der Waals surface area contributed by atoms with Gasteiger partial charge in [0.25, 0.3) is 5.91 Å². The number of carbonyl (C=O) groups is 2. The number of piperidine rings is 2. The largest absolute Gasteiger partial charge is 0.393 e. The topological polar surface area (TPSA) is 135 Å². The van der Waals surface area contributed by atoms with Crippen LogP contribution < -0.4 is 27.2 Å². The zero-order valence-electron chi connectivity index (χ0n) is 23.5. The summed E-state index contributed by atoms with van der Waals surface area (Å²) in [6.45, 7) is 3.65. The van der Waals surface area contributed by atoms with Crippen molar-refractivity contribution in [1.82, 2.24) is 31.3 Å². The Morgan fingerprint density at radius 1 is 1.07 bits per heavy atom. The quantitative estimate of drug-likeness (QED) is 0.193. The zero-order valence-corrected chi connectivity index (χ0v) is 24.3. The first-order chi connectivity index (χ1) is 19.4. The molecule has 40 heavy (non-hydrogen) atoms. The van der Waals surface area contributed by atoms with Gasteiger partial charge in [-0.1, -0.05) is 18.8 Å². The Morgan fingerprint density at radius 3 is 2.67 bits per heavy atom. The average molecular weight is 574 g/mol. The number of thioether (sulfide) groups is 1. The lowest BCUT2D eigenvalue weighted by atomic mass is 9.78. The lowest BCUT2D eigenvalue weighted by molar-refractivity contribution is -0.133. The number of nitrogens with one attached hydrogen (secondary N) is 4. The van der Waals surface area contributed by atoms with Gasteiger partial charge in [0, 0.05) is 56.0 Å². The summed E-state index contributed by atoms with van der Waals surface area (Å²) in [5.41, 5.74) is 13.5. The molecule has 0 spiro atoms. The predicted molar refractivity (Wildman–Crippen MR) is 158 cm³/mol. The van der Waals surface area contributed by atoms with Crippen LogP contribution in [0.4, 0.5) is 0 Å². The third kappa shape index (κ3) is 7.21. The highest BCUT2D eigenvalue weighted by atomic mass is 32.2. The summed E-state index contributed by atoms with van der Waals surface area (Å²) < 4.78 is 0. The van der Waals surface area contributed by atoms with Crippen LogP contribution in [0.15, 0.2) is 11.6 Å². The highest BCUT2D eigenvalue weighted by molar-refractivity contribution is 8.00. The van der Waals surface area contributed by atoms with Crippen molar-refractivity contribution in [3.8, 4) is 12.3 Å². The molecule has 1 aliphatic carbocycles. The van der Waals surface area contributed by atoms with Crippen LogP contribution in [0.1, 0.15) is 57.8 Å². The number of aliphatic hydroxyl groups excluding tert-OH is 1. The maximum Gasteiger partial charge on any atom is 0.262 e. The maximum absolute atomic E-state index is 13.4. The average Bonchev–Trinajstić information content (AvgIpc) is 3.50. The molecule has 7 unspecified atom stereocenters. The molecule has 10 nitrogen and oxygen atoms in total. The zero-order chi connectivity index (χ0) is 28.1. The van der Waals surface area contributed by atoms with Crippen molar-refractivity contribution in [3.63, 3.8) is 0 Å². The Kier molecular flexibility index (Phi) is 10.4. The lowest BCUT2D eigenvalue weighted by Gasteiger charge is -2.48. The molecule has 5 fully saturated rings. The third-order valence-corrected chi connectivity index (χ3v) is 10.5. The molecule has 5 rings (SSSR count). The van der Waals surface area contributed by atoms with Gasteiger partial charge in [-0.15, -0.1) is 18.2 Å². The Balaban J connectivity index is 1.14. The number of rotatable bonds is 6. The van der Waals surface area contributed by atoms with Crippen molar-refractivity contribution in [2.24, 2.45) is 17.6 Å². The van der Waals surface area contributed by atoms with Crippen molar-refractivity contribution in [1.29, 1.82) is 0 Å². The number of amides is 2. The number of hydrazine groups is 1. The minimum atomic E-state index is -0.260. The second-order valence-corrected chi connectivity index (χ2v) is 13.4. The number of aliphatic hydroxyl groups is 1. The minimum absolute atomic E-state index is 0.0274. The van der Waals surface area contributed by atoms with Gasteiger partial charge >= 0.3 is 0 Å². The summed E-state index contributed by atoms with van der Waals surface area (Å²) in [5, 5.41) is 17.3. The fourth-order valence-electron chi connectivity index (χ4n) is 7.21. The second-order valence-electron chi connectivity index (χ2n) is 12.1. The summed E-state index contributed by atoms with van der Waals surface area (Å²) in [5.74, 6) is 3.47. The monoisotopic (exact) mass is 573 g/mol. The molecule has 0 radical (unpaired) electrons. The van der Waals surface area contributed by atoms with E-state index >= 15 is 0 Å². The predicted octanol–water partition coefficient (Wildman–Crippen LogP) is 0.0987. The van der Waals surface area contributed by atoms with Crippen molar-refractivity contribution in [3.05, 3.63) is 11.6 Å². The van der Waals surface area contributed by atoms with Crippen molar-refractivity contribution in [2.75, 3.05) is 38.5 Å². The van der Waals surface area contributed by atoms with Crippen molar-refractivity contribution >= 4 is 23.6 Å². The molecule has 0 bridgehead atoms. The summed E-state index contributed by atoms with van der Waals surface area (Å²) in [4.78, 5) is 30.7. The van der Waals surface area contributed by atoms with E-state index in [-0.39, 0.29) is 59.4 Å². The number of hydrogen-bond acceptors (Lipinski definition) is 9. The van der Waals surface area contributed by atoms with Gasteiger partial charge in [0.05, 0.1) is 29.1 Å². The third-order valence-electron chi connectivity index (χ3n) is 9.44. The van der Waals surface area contributed by atoms with Crippen LogP contribution in [-0.2, 0) is 9.59 Å². The van der Waals surface area contributed by atoms with Crippen LogP contribution in [-0.4, -0.2) is 101 Å². The first kappa shape index (κ1) is 29.8. The van der Waals surface area contributed by atoms with Crippen LogP contribution in [0.3, 0.4) is 0 Å². The first-order valence-corrected chi connectivity index (χ1v) is 16.3. The fraction of sp³-hybridized carbons (Fsp3) is 0.793. The SMILES string of the molecule is C#C/C(=C\C1NCCS1)C(=O)N1CCCC(C(=O)N[C@@H]2CCCN(C3CC(C4CCCCC4O)NNC3N)C2)C1. The van der Waals surface area contributed by atoms with E-state index in [1.54, 1.807) is 16.7 Å². The normalized spacial score (nSPS) is 38.0. The highest BCUT2D eigenvalue weighted by Crippen LogP contribution is 2.31. The van der Waals surface area contributed by atoms with Gasteiger partial charge < -0.3 is 26.4 Å². The molecule has 2 amide bonds. The summed E-state index contributed by atoms with van der Waals surface area (Å²) in [6.07, 6.45) is 15.6. The molecular formula is C29H47N7O3S. The number of hydrogen-bond donors (Lipinski definition) is 6. The second kappa shape index (κ2) is 14.0. The molecule has 4 heterocycles. The molecule has 1 saturated carbocycles. The van der Waals surface area contributed by atoms with Crippen molar-refractivity contribution in [2.45, 2.75) is 93.6 Å². The fourth-order valence-corrected chi connectivity index (χ4v) is 8.17. The van der Waals surface area contributed by atoms with Gasteiger partial charge in [0.1, 0.15) is 0 Å². The van der Waals surface area contributed by atoms with E-state index in [4.69, 9.17) is 12.2 Å². The minimum Gasteiger partial charge on any atom is -0.393 e. The molecule has 222 valence electrons. The van der Waals surface area contributed by atoms with E-state index in [0.29, 0.717) is 18.7 Å². The van der Waals surface area contributed by atoms with E-state index < -0.39 is 0 Å². The number of likely N-dealkylation sites (tertiary alicyclic amines) is 2. The summed E-state index contributed by atoms with van der Waals surface area (Å²) in [7, 11) is 0. The molecule has 5 aliphatic rings. The number of carbonyl (C=O) groups excluding carboxylic acids is 2. The van der Waals surface area contributed by atoms with Crippen LogP contribution in [0, 0.1) is 24.2 Å². The Bertz CT molecular complexity index is 968. The van der Waals surface area contributed by atoms with Gasteiger partial charge in [-0.2, -0.15) is 0 Å². The molecule has 0 aromatic carbocycles. The molecule has 4 saturated heterocycles. The first-order valence-electron chi connectivity index (χ1n) is 15.2. The number of nitrogens with zero attached hydrogens (tertiary/aromatic N) is 2.